The first-order chi connectivity index (χ1) is 7.12. The fraction of sp³-hybridized carbons (Fsp3) is 1.00. The minimum absolute atomic E-state index is 0.000255. The molecule has 1 N–H and O–H groups in total. The Kier molecular flexibility index (Phi) is 3.36. The Bertz CT molecular complexity index is 209. The third-order valence-electron chi connectivity index (χ3n) is 4.45. The lowest BCUT2D eigenvalue weighted by molar-refractivity contribution is -0.0717. The SMILES string of the molecule is CC1(C)C(O)CCCN1C1CCCCC1. The van der Waals surface area contributed by atoms with E-state index < -0.39 is 0 Å². The molecule has 2 nitrogen and oxygen atoms in total. The van der Waals surface area contributed by atoms with Crippen LogP contribution in [0.2, 0.25) is 0 Å². The Morgan fingerprint density at radius 3 is 2.33 bits per heavy atom. The zero-order valence-electron chi connectivity index (χ0n) is 10.2. The fourth-order valence-electron chi connectivity index (χ4n) is 3.33. The molecule has 1 aliphatic heterocycles. The molecule has 2 rings (SSSR count). The Hall–Kier alpha value is -0.0800. The largest absolute Gasteiger partial charge is 0.391 e. The van der Waals surface area contributed by atoms with Crippen LogP contribution >= 0.6 is 0 Å². The van der Waals surface area contributed by atoms with Crippen molar-refractivity contribution in [3.8, 4) is 0 Å². The minimum atomic E-state index is -0.131. The summed E-state index contributed by atoms with van der Waals surface area (Å²) in [5, 5.41) is 10.1. The number of piperidine rings is 1. The second kappa shape index (κ2) is 4.42. The summed E-state index contributed by atoms with van der Waals surface area (Å²) in [7, 11) is 0. The number of aliphatic hydroxyl groups is 1. The smallest absolute Gasteiger partial charge is 0.0719 e. The van der Waals surface area contributed by atoms with E-state index >= 15 is 0 Å². The minimum Gasteiger partial charge on any atom is -0.391 e. The fourth-order valence-corrected chi connectivity index (χ4v) is 3.33. The molecule has 0 aromatic rings. The van der Waals surface area contributed by atoms with Crippen LogP contribution in [0.15, 0.2) is 0 Å². The van der Waals surface area contributed by atoms with Gasteiger partial charge in [-0.3, -0.25) is 4.90 Å². The Labute approximate surface area is 93.7 Å². The normalized spacial score (nSPS) is 34.2. The molecule has 1 saturated carbocycles. The van der Waals surface area contributed by atoms with Crippen molar-refractivity contribution in [2.45, 2.75) is 76.5 Å². The van der Waals surface area contributed by atoms with Gasteiger partial charge in [-0.1, -0.05) is 19.3 Å². The van der Waals surface area contributed by atoms with Gasteiger partial charge in [0.05, 0.1) is 6.10 Å². The van der Waals surface area contributed by atoms with Crippen molar-refractivity contribution < 1.29 is 5.11 Å². The van der Waals surface area contributed by atoms with E-state index in [1.54, 1.807) is 0 Å². The van der Waals surface area contributed by atoms with Crippen LogP contribution in [-0.2, 0) is 0 Å². The maximum absolute atomic E-state index is 10.1. The van der Waals surface area contributed by atoms with Crippen molar-refractivity contribution in [3.05, 3.63) is 0 Å². The van der Waals surface area contributed by atoms with Crippen LogP contribution in [0.25, 0.3) is 0 Å². The van der Waals surface area contributed by atoms with Gasteiger partial charge >= 0.3 is 0 Å². The molecule has 1 heterocycles. The molecule has 1 unspecified atom stereocenters. The summed E-state index contributed by atoms with van der Waals surface area (Å²) < 4.78 is 0. The van der Waals surface area contributed by atoms with Gasteiger partial charge in [0.25, 0.3) is 0 Å². The van der Waals surface area contributed by atoms with Crippen molar-refractivity contribution in [1.29, 1.82) is 0 Å². The third kappa shape index (κ3) is 2.21. The highest BCUT2D eigenvalue weighted by Crippen LogP contribution is 2.34. The second-order valence-electron chi connectivity index (χ2n) is 5.80. The Morgan fingerprint density at radius 2 is 1.67 bits per heavy atom. The quantitative estimate of drug-likeness (QED) is 0.720. The van der Waals surface area contributed by atoms with Gasteiger partial charge in [0.2, 0.25) is 0 Å². The van der Waals surface area contributed by atoms with E-state index in [0.29, 0.717) is 0 Å². The summed E-state index contributed by atoms with van der Waals surface area (Å²) >= 11 is 0. The lowest BCUT2D eigenvalue weighted by atomic mass is 9.83. The molecule has 0 amide bonds. The number of aliphatic hydroxyl groups excluding tert-OH is 1. The zero-order valence-corrected chi connectivity index (χ0v) is 10.2. The molecular formula is C13H25NO. The Balaban J connectivity index is 2.05. The molecular weight excluding hydrogens is 186 g/mol. The van der Waals surface area contributed by atoms with Gasteiger partial charge < -0.3 is 5.11 Å². The summed E-state index contributed by atoms with van der Waals surface area (Å²) in [5.74, 6) is 0. The maximum atomic E-state index is 10.1. The van der Waals surface area contributed by atoms with Crippen molar-refractivity contribution in [2.75, 3.05) is 6.54 Å². The second-order valence-corrected chi connectivity index (χ2v) is 5.80. The molecule has 1 saturated heterocycles. The first-order valence-electron chi connectivity index (χ1n) is 6.57. The monoisotopic (exact) mass is 211 g/mol. The van der Waals surface area contributed by atoms with E-state index in [4.69, 9.17) is 0 Å². The molecule has 0 radical (unpaired) electrons. The summed E-state index contributed by atoms with van der Waals surface area (Å²) in [4.78, 5) is 2.58. The highest BCUT2D eigenvalue weighted by Gasteiger charge is 2.40. The van der Waals surface area contributed by atoms with Crippen molar-refractivity contribution in [1.82, 2.24) is 4.90 Å². The molecule has 2 fully saturated rings. The topological polar surface area (TPSA) is 23.5 Å². The summed E-state index contributed by atoms with van der Waals surface area (Å²) in [6.45, 7) is 5.62. The molecule has 1 aliphatic carbocycles. The predicted octanol–water partition coefficient (Wildman–Crippen LogP) is 2.55. The average molecular weight is 211 g/mol. The highest BCUT2D eigenvalue weighted by atomic mass is 16.3. The molecule has 0 aromatic heterocycles. The molecule has 0 bridgehead atoms. The van der Waals surface area contributed by atoms with E-state index in [9.17, 15) is 5.11 Å². The number of hydrogen-bond acceptors (Lipinski definition) is 2. The Morgan fingerprint density at radius 1 is 1.00 bits per heavy atom. The summed E-state index contributed by atoms with van der Waals surface area (Å²) in [5.41, 5.74) is 0.000255. The standard InChI is InChI=1S/C13H25NO/c1-13(2)12(15)9-6-10-14(13)11-7-4-3-5-8-11/h11-12,15H,3-10H2,1-2H3. The van der Waals surface area contributed by atoms with Gasteiger partial charge in [0.15, 0.2) is 0 Å². The van der Waals surface area contributed by atoms with E-state index in [1.807, 2.05) is 0 Å². The van der Waals surface area contributed by atoms with E-state index in [-0.39, 0.29) is 11.6 Å². The van der Waals surface area contributed by atoms with Gasteiger partial charge in [0.1, 0.15) is 0 Å². The van der Waals surface area contributed by atoms with Crippen LogP contribution in [-0.4, -0.2) is 34.2 Å². The van der Waals surface area contributed by atoms with Gasteiger partial charge in [-0.05, 0) is 46.1 Å². The van der Waals surface area contributed by atoms with Crippen LogP contribution in [0.1, 0.15) is 58.8 Å². The van der Waals surface area contributed by atoms with Crippen molar-refractivity contribution in [3.63, 3.8) is 0 Å². The van der Waals surface area contributed by atoms with Crippen LogP contribution in [0.4, 0.5) is 0 Å². The predicted molar refractivity (Wildman–Crippen MR) is 62.9 cm³/mol. The van der Waals surface area contributed by atoms with E-state index in [2.05, 4.69) is 18.7 Å². The average Bonchev–Trinajstić information content (AvgIpc) is 2.23. The molecule has 0 spiro atoms. The molecule has 2 aliphatic rings. The van der Waals surface area contributed by atoms with E-state index in [1.165, 1.54) is 45.1 Å². The molecule has 88 valence electrons. The summed E-state index contributed by atoms with van der Waals surface area (Å²) in [6, 6.07) is 0.740. The van der Waals surface area contributed by atoms with Crippen LogP contribution in [0.3, 0.4) is 0 Å². The number of nitrogens with zero attached hydrogens (tertiary/aromatic N) is 1. The summed E-state index contributed by atoms with van der Waals surface area (Å²) in [6.07, 6.45) is 8.88. The maximum Gasteiger partial charge on any atom is 0.0719 e. The third-order valence-corrected chi connectivity index (χ3v) is 4.45. The van der Waals surface area contributed by atoms with Gasteiger partial charge in [-0.2, -0.15) is 0 Å². The highest BCUT2D eigenvalue weighted by molar-refractivity contribution is 4.96. The van der Waals surface area contributed by atoms with E-state index in [0.717, 1.165) is 12.5 Å². The molecule has 15 heavy (non-hydrogen) atoms. The van der Waals surface area contributed by atoms with Gasteiger partial charge in [-0.15, -0.1) is 0 Å². The van der Waals surface area contributed by atoms with Crippen LogP contribution in [0, 0.1) is 0 Å². The first-order valence-corrected chi connectivity index (χ1v) is 6.57. The number of rotatable bonds is 1. The molecule has 2 heteroatoms. The lowest BCUT2D eigenvalue weighted by Gasteiger charge is -2.50. The van der Waals surface area contributed by atoms with Crippen LogP contribution in [0.5, 0.6) is 0 Å². The number of likely N-dealkylation sites (tertiary alicyclic amines) is 1. The first kappa shape index (κ1) is 11.4. The molecule has 0 aromatic carbocycles. The van der Waals surface area contributed by atoms with Crippen LogP contribution < -0.4 is 0 Å². The van der Waals surface area contributed by atoms with Gasteiger partial charge in [0, 0.05) is 11.6 Å². The van der Waals surface area contributed by atoms with Gasteiger partial charge in [-0.25, -0.2) is 0 Å². The van der Waals surface area contributed by atoms with Crippen molar-refractivity contribution in [2.24, 2.45) is 0 Å². The zero-order chi connectivity index (χ0) is 10.9. The lowest BCUT2D eigenvalue weighted by Crippen LogP contribution is -2.59. The molecule has 1 atom stereocenters. The van der Waals surface area contributed by atoms with Crippen molar-refractivity contribution >= 4 is 0 Å². The number of hydrogen-bond donors (Lipinski definition) is 1.